The Bertz CT molecular complexity index is 213. The van der Waals surface area contributed by atoms with Crippen LogP contribution in [-0.4, -0.2) is 24.3 Å². The third-order valence-corrected chi connectivity index (χ3v) is 4.98. The number of hydrogen-bond acceptors (Lipinski definition) is 2. The predicted octanol–water partition coefficient (Wildman–Crippen LogP) is 2.71. The largest absolute Gasteiger partial charge is 0.396 e. The van der Waals surface area contributed by atoms with E-state index in [1.807, 2.05) is 0 Å². The highest BCUT2D eigenvalue weighted by molar-refractivity contribution is 4.92. The van der Waals surface area contributed by atoms with Gasteiger partial charge in [0.1, 0.15) is 0 Å². The van der Waals surface area contributed by atoms with Crippen LogP contribution in [0.5, 0.6) is 0 Å². The smallest absolute Gasteiger partial charge is 0.0436 e. The number of hydrogen-bond donors (Lipinski definition) is 2. The van der Waals surface area contributed by atoms with Gasteiger partial charge in [-0.1, -0.05) is 26.2 Å². The predicted molar refractivity (Wildman–Crippen MR) is 67.4 cm³/mol. The monoisotopic (exact) mass is 225 g/mol. The van der Waals surface area contributed by atoms with Gasteiger partial charge in [-0.3, -0.25) is 0 Å². The highest BCUT2D eigenvalue weighted by Crippen LogP contribution is 2.43. The summed E-state index contributed by atoms with van der Waals surface area (Å²) >= 11 is 0. The van der Waals surface area contributed by atoms with Crippen molar-refractivity contribution in [3.05, 3.63) is 0 Å². The Kier molecular flexibility index (Phi) is 4.26. The van der Waals surface area contributed by atoms with Crippen LogP contribution in [0.3, 0.4) is 0 Å². The van der Waals surface area contributed by atoms with Gasteiger partial charge in [0, 0.05) is 19.2 Å². The fraction of sp³-hybridized carbons (Fsp3) is 1.00. The van der Waals surface area contributed by atoms with Crippen molar-refractivity contribution in [1.82, 2.24) is 5.32 Å². The summed E-state index contributed by atoms with van der Waals surface area (Å²) in [4.78, 5) is 0. The second-order valence-corrected chi connectivity index (χ2v) is 5.91. The molecule has 2 unspecified atom stereocenters. The van der Waals surface area contributed by atoms with E-state index in [0.29, 0.717) is 12.0 Å². The van der Waals surface area contributed by atoms with Crippen molar-refractivity contribution < 1.29 is 5.11 Å². The van der Waals surface area contributed by atoms with E-state index in [-0.39, 0.29) is 0 Å². The topological polar surface area (TPSA) is 32.3 Å². The summed E-state index contributed by atoms with van der Waals surface area (Å²) in [5.74, 6) is 0.909. The molecule has 0 bridgehead atoms. The molecule has 0 heterocycles. The SMILES string of the molecule is CCC1CCCC1NCC1(CCO)CCC1. The number of rotatable bonds is 6. The molecule has 2 N–H and O–H groups in total. The van der Waals surface area contributed by atoms with Crippen molar-refractivity contribution in [2.24, 2.45) is 11.3 Å². The Morgan fingerprint density at radius 2 is 2.06 bits per heavy atom. The molecule has 2 rings (SSSR count). The molecule has 2 atom stereocenters. The van der Waals surface area contributed by atoms with Crippen LogP contribution < -0.4 is 5.32 Å². The molecule has 0 aliphatic heterocycles. The van der Waals surface area contributed by atoms with Crippen LogP contribution >= 0.6 is 0 Å². The van der Waals surface area contributed by atoms with Gasteiger partial charge in [0.2, 0.25) is 0 Å². The fourth-order valence-electron chi connectivity index (χ4n) is 3.57. The highest BCUT2D eigenvalue weighted by Gasteiger charge is 2.37. The third kappa shape index (κ3) is 2.60. The molecule has 2 aliphatic carbocycles. The van der Waals surface area contributed by atoms with E-state index in [4.69, 9.17) is 5.11 Å². The molecule has 0 radical (unpaired) electrons. The Hall–Kier alpha value is -0.0800. The van der Waals surface area contributed by atoms with Gasteiger partial charge in [-0.2, -0.15) is 0 Å². The van der Waals surface area contributed by atoms with Gasteiger partial charge in [0.05, 0.1) is 0 Å². The number of nitrogens with one attached hydrogen (secondary N) is 1. The molecular weight excluding hydrogens is 198 g/mol. The van der Waals surface area contributed by atoms with Crippen LogP contribution in [0.1, 0.15) is 58.3 Å². The van der Waals surface area contributed by atoms with Gasteiger partial charge in [-0.05, 0) is 43.4 Å². The Morgan fingerprint density at radius 3 is 2.62 bits per heavy atom. The van der Waals surface area contributed by atoms with E-state index >= 15 is 0 Å². The standard InChI is InChI=1S/C14H27NO/c1-2-12-5-3-6-13(12)15-11-14(9-10-16)7-4-8-14/h12-13,15-16H,2-11H2,1H3. The molecule has 0 aromatic rings. The average molecular weight is 225 g/mol. The van der Waals surface area contributed by atoms with Crippen molar-refractivity contribution in [1.29, 1.82) is 0 Å². The van der Waals surface area contributed by atoms with Gasteiger partial charge in [-0.15, -0.1) is 0 Å². The lowest BCUT2D eigenvalue weighted by atomic mass is 9.66. The van der Waals surface area contributed by atoms with Gasteiger partial charge in [-0.25, -0.2) is 0 Å². The average Bonchev–Trinajstić information content (AvgIpc) is 2.69. The fourth-order valence-corrected chi connectivity index (χ4v) is 3.57. The minimum Gasteiger partial charge on any atom is -0.396 e. The summed E-state index contributed by atoms with van der Waals surface area (Å²) in [6.07, 6.45) is 10.5. The zero-order valence-electron chi connectivity index (χ0n) is 10.7. The van der Waals surface area contributed by atoms with Crippen molar-refractivity contribution in [2.45, 2.75) is 64.3 Å². The minimum absolute atomic E-state index is 0.365. The van der Waals surface area contributed by atoms with E-state index in [1.165, 1.54) is 44.9 Å². The lowest BCUT2D eigenvalue weighted by Crippen LogP contribution is -2.45. The van der Waals surface area contributed by atoms with Crippen LogP contribution in [0.15, 0.2) is 0 Å². The molecule has 0 spiro atoms. The lowest BCUT2D eigenvalue weighted by molar-refractivity contribution is 0.0806. The molecule has 2 fully saturated rings. The summed E-state index contributed by atoms with van der Waals surface area (Å²) < 4.78 is 0. The molecule has 0 aromatic carbocycles. The minimum atomic E-state index is 0.365. The quantitative estimate of drug-likeness (QED) is 0.728. The van der Waals surface area contributed by atoms with Gasteiger partial charge >= 0.3 is 0 Å². The zero-order valence-corrected chi connectivity index (χ0v) is 10.7. The van der Waals surface area contributed by atoms with Crippen LogP contribution in [0.4, 0.5) is 0 Å². The first-order valence-corrected chi connectivity index (χ1v) is 7.14. The van der Waals surface area contributed by atoms with E-state index in [9.17, 15) is 0 Å². The molecule has 16 heavy (non-hydrogen) atoms. The third-order valence-electron chi connectivity index (χ3n) is 4.98. The maximum atomic E-state index is 9.13. The lowest BCUT2D eigenvalue weighted by Gasteiger charge is -2.43. The van der Waals surface area contributed by atoms with E-state index < -0.39 is 0 Å². The van der Waals surface area contributed by atoms with Crippen LogP contribution in [0, 0.1) is 11.3 Å². The summed E-state index contributed by atoms with van der Waals surface area (Å²) in [5, 5.41) is 12.9. The van der Waals surface area contributed by atoms with E-state index in [2.05, 4.69) is 12.2 Å². The number of aliphatic hydroxyl groups is 1. The highest BCUT2D eigenvalue weighted by atomic mass is 16.3. The normalized spacial score (nSPS) is 32.6. The van der Waals surface area contributed by atoms with Crippen molar-refractivity contribution in [3.8, 4) is 0 Å². The van der Waals surface area contributed by atoms with Crippen molar-refractivity contribution in [3.63, 3.8) is 0 Å². The molecule has 2 nitrogen and oxygen atoms in total. The van der Waals surface area contributed by atoms with E-state index in [0.717, 1.165) is 24.9 Å². The molecule has 2 heteroatoms. The molecule has 2 aliphatic rings. The number of aliphatic hydroxyl groups excluding tert-OH is 1. The first-order chi connectivity index (χ1) is 7.79. The summed E-state index contributed by atoms with van der Waals surface area (Å²) in [6, 6.07) is 0.765. The van der Waals surface area contributed by atoms with Crippen molar-refractivity contribution >= 4 is 0 Å². The zero-order chi connectivity index (χ0) is 11.4. The second kappa shape index (κ2) is 5.50. The molecule has 2 saturated carbocycles. The Balaban J connectivity index is 1.77. The maximum absolute atomic E-state index is 9.13. The van der Waals surface area contributed by atoms with Gasteiger partial charge in [0.15, 0.2) is 0 Å². The van der Waals surface area contributed by atoms with Crippen LogP contribution in [0.2, 0.25) is 0 Å². The first kappa shape index (κ1) is 12.4. The Labute approximate surface area is 99.8 Å². The van der Waals surface area contributed by atoms with Crippen molar-refractivity contribution in [2.75, 3.05) is 13.2 Å². The molecule has 0 aromatic heterocycles. The molecule has 0 amide bonds. The molecule has 94 valence electrons. The summed E-state index contributed by atoms with van der Waals surface area (Å²) in [6.45, 7) is 3.83. The summed E-state index contributed by atoms with van der Waals surface area (Å²) in [7, 11) is 0. The van der Waals surface area contributed by atoms with Gasteiger partial charge < -0.3 is 10.4 Å². The Morgan fingerprint density at radius 1 is 1.25 bits per heavy atom. The maximum Gasteiger partial charge on any atom is 0.0436 e. The van der Waals surface area contributed by atoms with E-state index in [1.54, 1.807) is 0 Å². The van der Waals surface area contributed by atoms with Gasteiger partial charge in [0.25, 0.3) is 0 Å². The first-order valence-electron chi connectivity index (χ1n) is 7.14. The van der Waals surface area contributed by atoms with Crippen LogP contribution in [-0.2, 0) is 0 Å². The summed E-state index contributed by atoms with van der Waals surface area (Å²) in [5.41, 5.74) is 0.454. The second-order valence-electron chi connectivity index (χ2n) is 5.91. The molecular formula is C14H27NO. The van der Waals surface area contributed by atoms with Crippen LogP contribution in [0.25, 0.3) is 0 Å². The molecule has 0 saturated heterocycles.